The maximum Gasteiger partial charge on any atom is 0.225 e. The summed E-state index contributed by atoms with van der Waals surface area (Å²) in [5.74, 6) is 1.15. The lowest BCUT2D eigenvalue weighted by molar-refractivity contribution is -0.135. The largest absolute Gasteiger partial charge is 0.342 e. The Morgan fingerprint density at radius 1 is 1.05 bits per heavy atom. The minimum absolute atomic E-state index is 0.188. The molecule has 1 aromatic rings. The van der Waals surface area contributed by atoms with Gasteiger partial charge in [-0.15, -0.1) is 0 Å². The first-order chi connectivity index (χ1) is 10.2. The van der Waals surface area contributed by atoms with E-state index >= 15 is 0 Å². The van der Waals surface area contributed by atoms with Gasteiger partial charge in [0, 0.05) is 25.0 Å². The molecule has 3 atom stereocenters. The van der Waals surface area contributed by atoms with Gasteiger partial charge in [0.25, 0.3) is 0 Å². The number of rotatable bonds is 2. The molecule has 1 aromatic carbocycles. The monoisotopic (exact) mass is 286 g/mol. The van der Waals surface area contributed by atoms with Crippen molar-refractivity contribution in [3.63, 3.8) is 0 Å². The molecule has 0 aromatic heterocycles. The molecule has 1 aliphatic carbocycles. The fourth-order valence-corrected chi connectivity index (χ4v) is 3.87. The van der Waals surface area contributed by atoms with E-state index in [2.05, 4.69) is 35.2 Å². The van der Waals surface area contributed by atoms with E-state index < -0.39 is 0 Å². The zero-order valence-corrected chi connectivity index (χ0v) is 12.7. The molecule has 1 amide bonds. The highest BCUT2D eigenvalue weighted by Gasteiger charge is 2.32. The van der Waals surface area contributed by atoms with Crippen LogP contribution in [0.4, 0.5) is 0 Å². The van der Waals surface area contributed by atoms with Crippen LogP contribution in [-0.4, -0.2) is 29.9 Å². The molecule has 3 heteroatoms. The summed E-state index contributed by atoms with van der Waals surface area (Å²) >= 11 is 0. The molecule has 0 bridgehead atoms. The van der Waals surface area contributed by atoms with Gasteiger partial charge in [0.2, 0.25) is 5.91 Å². The Kier molecular flexibility index (Phi) is 4.59. The van der Waals surface area contributed by atoms with Crippen molar-refractivity contribution >= 4 is 5.91 Å². The topological polar surface area (TPSA) is 46.3 Å². The van der Waals surface area contributed by atoms with E-state index in [0.717, 1.165) is 45.2 Å². The van der Waals surface area contributed by atoms with Gasteiger partial charge in [0.1, 0.15) is 0 Å². The van der Waals surface area contributed by atoms with E-state index in [-0.39, 0.29) is 12.0 Å². The Morgan fingerprint density at radius 3 is 2.57 bits per heavy atom. The van der Waals surface area contributed by atoms with Crippen LogP contribution in [0.25, 0.3) is 0 Å². The first kappa shape index (κ1) is 14.6. The molecule has 1 aliphatic heterocycles. The summed E-state index contributed by atoms with van der Waals surface area (Å²) in [6.07, 6.45) is 6.28. The highest BCUT2D eigenvalue weighted by atomic mass is 16.2. The van der Waals surface area contributed by atoms with Gasteiger partial charge in [0.15, 0.2) is 0 Å². The molecule has 114 valence electrons. The number of hydrogen-bond acceptors (Lipinski definition) is 2. The fourth-order valence-electron chi connectivity index (χ4n) is 3.87. The van der Waals surface area contributed by atoms with Crippen LogP contribution in [0.15, 0.2) is 30.3 Å². The molecule has 3 rings (SSSR count). The molecular formula is C18H26N2O. The van der Waals surface area contributed by atoms with Crippen molar-refractivity contribution in [3.05, 3.63) is 35.9 Å². The summed E-state index contributed by atoms with van der Waals surface area (Å²) in [4.78, 5) is 14.7. The van der Waals surface area contributed by atoms with E-state index in [4.69, 9.17) is 5.73 Å². The third kappa shape index (κ3) is 3.46. The summed E-state index contributed by atoms with van der Waals surface area (Å²) in [7, 11) is 0. The first-order valence-electron chi connectivity index (χ1n) is 8.33. The van der Waals surface area contributed by atoms with Crippen LogP contribution < -0.4 is 5.73 Å². The second kappa shape index (κ2) is 6.61. The average molecular weight is 286 g/mol. The van der Waals surface area contributed by atoms with Crippen molar-refractivity contribution < 1.29 is 4.79 Å². The van der Waals surface area contributed by atoms with Gasteiger partial charge in [0.05, 0.1) is 0 Å². The minimum Gasteiger partial charge on any atom is -0.342 e. The normalized spacial score (nSPS) is 30.1. The standard InChI is InChI=1S/C18H26N2O/c19-17-9-8-16(13-17)18(21)20-11-4-7-15(10-12-20)14-5-2-1-3-6-14/h1-3,5-6,15-17H,4,7-13,19H2/t15-,16-,17-/m1/s1. The predicted molar refractivity (Wildman–Crippen MR) is 84.9 cm³/mol. The van der Waals surface area contributed by atoms with Gasteiger partial charge in [-0.05, 0) is 50.0 Å². The molecule has 21 heavy (non-hydrogen) atoms. The maximum atomic E-state index is 12.6. The van der Waals surface area contributed by atoms with Gasteiger partial charge in [-0.2, -0.15) is 0 Å². The van der Waals surface area contributed by atoms with Gasteiger partial charge in [-0.3, -0.25) is 4.79 Å². The van der Waals surface area contributed by atoms with Crippen molar-refractivity contribution in [2.45, 2.75) is 50.5 Å². The fraction of sp³-hybridized carbons (Fsp3) is 0.611. The SMILES string of the molecule is N[C@@H]1CC[C@@H](C(=O)N2CCC[C@@H](c3ccccc3)CC2)C1. The molecule has 0 radical (unpaired) electrons. The maximum absolute atomic E-state index is 12.6. The molecule has 1 saturated carbocycles. The summed E-state index contributed by atoms with van der Waals surface area (Å²) in [5.41, 5.74) is 7.38. The minimum atomic E-state index is 0.188. The molecule has 2 N–H and O–H groups in total. The third-order valence-corrected chi connectivity index (χ3v) is 5.13. The number of carbonyl (C=O) groups is 1. The van der Waals surface area contributed by atoms with Gasteiger partial charge in [-0.1, -0.05) is 30.3 Å². The lowest BCUT2D eigenvalue weighted by atomic mass is 9.92. The zero-order valence-electron chi connectivity index (χ0n) is 12.7. The number of likely N-dealkylation sites (tertiary alicyclic amines) is 1. The second-order valence-electron chi connectivity index (χ2n) is 6.63. The van der Waals surface area contributed by atoms with Crippen LogP contribution in [0.2, 0.25) is 0 Å². The van der Waals surface area contributed by atoms with E-state index in [1.54, 1.807) is 0 Å². The van der Waals surface area contributed by atoms with Crippen LogP contribution >= 0.6 is 0 Å². The van der Waals surface area contributed by atoms with Crippen LogP contribution in [0.1, 0.15) is 50.0 Å². The Balaban J connectivity index is 1.59. The number of nitrogens with zero attached hydrogens (tertiary/aromatic N) is 1. The van der Waals surface area contributed by atoms with Crippen molar-refractivity contribution in [1.82, 2.24) is 4.90 Å². The number of hydrogen-bond donors (Lipinski definition) is 1. The van der Waals surface area contributed by atoms with E-state index in [1.165, 1.54) is 12.0 Å². The van der Waals surface area contributed by atoms with E-state index in [0.29, 0.717) is 11.8 Å². The van der Waals surface area contributed by atoms with Crippen LogP contribution in [0.3, 0.4) is 0 Å². The zero-order chi connectivity index (χ0) is 14.7. The number of nitrogens with two attached hydrogens (primary N) is 1. The molecule has 2 fully saturated rings. The number of carbonyl (C=O) groups excluding carboxylic acids is 1. The quantitative estimate of drug-likeness (QED) is 0.908. The molecule has 1 heterocycles. The van der Waals surface area contributed by atoms with Crippen molar-refractivity contribution in [2.24, 2.45) is 11.7 Å². The Labute approximate surface area is 127 Å². The van der Waals surface area contributed by atoms with E-state index in [1.807, 2.05) is 0 Å². The lowest BCUT2D eigenvalue weighted by Crippen LogP contribution is -2.36. The van der Waals surface area contributed by atoms with Gasteiger partial charge in [-0.25, -0.2) is 0 Å². The Bertz CT molecular complexity index is 473. The summed E-state index contributed by atoms with van der Waals surface area (Å²) in [6, 6.07) is 11.0. The second-order valence-corrected chi connectivity index (χ2v) is 6.63. The van der Waals surface area contributed by atoms with Crippen molar-refractivity contribution in [1.29, 1.82) is 0 Å². The molecule has 1 saturated heterocycles. The third-order valence-electron chi connectivity index (χ3n) is 5.13. The summed E-state index contributed by atoms with van der Waals surface area (Å²) in [5, 5.41) is 0. The number of benzene rings is 1. The molecule has 0 unspecified atom stereocenters. The Morgan fingerprint density at radius 2 is 1.86 bits per heavy atom. The van der Waals surface area contributed by atoms with Crippen molar-refractivity contribution in [3.8, 4) is 0 Å². The molecule has 2 aliphatic rings. The average Bonchev–Trinajstić information content (AvgIpc) is 2.81. The van der Waals surface area contributed by atoms with Crippen LogP contribution in [0, 0.1) is 5.92 Å². The molecule has 3 nitrogen and oxygen atoms in total. The Hall–Kier alpha value is -1.35. The summed E-state index contributed by atoms with van der Waals surface area (Å²) in [6.45, 7) is 1.83. The van der Waals surface area contributed by atoms with Gasteiger partial charge < -0.3 is 10.6 Å². The highest BCUT2D eigenvalue weighted by molar-refractivity contribution is 5.79. The van der Waals surface area contributed by atoms with Gasteiger partial charge >= 0.3 is 0 Å². The smallest absolute Gasteiger partial charge is 0.225 e. The first-order valence-corrected chi connectivity index (χ1v) is 8.33. The van der Waals surface area contributed by atoms with E-state index in [9.17, 15) is 4.79 Å². The lowest BCUT2D eigenvalue weighted by Gasteiger charge is -2.24. The van der Waals surface area contributed by atoms with Crippen LogP contribution in [0.5, 0.6) is 0 Å². The molecule has 0 spiro atoms. The molecular weight excluding hydrogens is 260 g/mol. The summed E-state index contributed by atoms with van der Waals surface area (Å²) < 4.78 is 0. The van der Waals surface area contributed by atoms with Crippen LogP contribution in [-0.2, 0) is 4.79 Å². The predicted octanol–water partition coefficient (Wildman–Crippen LogP) is 2.91. The number of amides is 1. The van der Waals surface area contributed by atoms with Crippen molar-refractivity contribution in [2.75, 3.05) is 13.1 Å². The highest BCUT2D eigenvalue weighted by Crippen LogP contribution is 2.31.